The number of benzene rings is 2. The van der Waals surface area contributed by atoms with Crippen LogP contribution in [-0.4, -0.2) is 16.9 Å². The largest absolute Gasteiger partial charge is 0.454 e. The van der Waals surface area contributed by atoms with E-state index in [1.165, 1.54) is 0 Å². The topological polar surface area (TPSA) is 57.4 Å². The van der Waals surface area contributed by atoms with Crippen LogP contribution in [-0.2, 0) is 0 Å². The van der Waals surface area contributed by atoms with Gasteiger partial charge in [0, 0.05) is 15.6 Å². The fourth-order valence-electron chi connectivity index (χ4n) is 2.09. The molecule has 1 aliphatic heterocycles. The highest BCUT2D eigenvalue weighted by Crippen LogP contribution is 2.35. The van der Waals surface area contributed by atoms with Gasteiger partial charge >= 0.3 is 0 Å². The molecule has 5 nitrogen and oxygen atoms in total. The maximum absolute atomic E-state index is 5.35. The molecule has 0 saturated heterocycles. The Balaban J connectivity index is 1.69. The lowest BCUT2D eigenvalue weighted by atomic mass is 10.2. The van der Waals surface area contributed by atoms with Crippen molar-refractivity contribution in [2.24, 2.45) is 0 Å². The average molecular weight is 345 g/mol. The van der Waals surface area contributed by atoms with E-state index in [1.807, 2.05) is 42.5 Å². The van der Waals surface area contributed by atoms with Crippen LogP contribution in [0, 0.1) is 0 Å². The van der Waals surface area contributed by atoms with Crippen LogP contribution in [0.25, 0.3) is 22.8 Å². The van der Waals surface area contributed by atoms with Gasteiger partial charge in [-0.2, -0.15) is 4.98 Å². The number of nitrogens with zero attached hydrogens (tertiary/aromatic N) is 2. The average Bonchev–Trinajstić information content (AvgIpc) is 3.16. The van der Waals surface area contributed by atoms with Crippen molar-refractivity contribution in [3.8, 4) is 34.3 Å². The first kappa shape index (κ1) is 12.4. The standard InChI is InChI=1S/C15H9BrN2O3/c16-11-4-1-9(2-5-11)14-17-15(21-18-14)10-3-6-12-13(7-10)20-8-19-12/h1-7H,8H2. The van der Waals surface area contributed by atoms with Gasteiger partial charge in [0.2, 0.25) is 12.6 Å². The Labute approximate surface area is 128 Å². The van der Waals surface area contributed by atoms with Crippen LogP contribution in [0.4, 0.5) is 0 Å². The van der Waals surface area contributed by atoms with Crippen molar-refractivity contribution >= 4 is 15.9 Å². The van der Waals surface area contributed by atoms with Crippen LogP contribution in [0.5, 0.6) is 11.5 Å². The monoisotopic (exact) mass is 344 g/mol. The van der Waals surface area contributed by atoms with E-state index in [1.54, 1.807) is 0 Å². The Morgan fingerprint density at radius 3 is 2.52 bits per heavy atom. The van der Waals surface area contributed by atoms with Crippen molar-refractivity contribution in [1.29, 1.82) is 0 Å². The Morgan fingerprint density at radius 2 is 1.67 bits per heavy atom. The number of hydrogen-bond donors (Lipinski definition) is 0. The molecule has 6 heteroatoms. The molecule has 0 N–H and O–H groups in total. The van der Waals surface area contributed by atoms with Gasteiger partial charge in [-0.3, -0.25) is 0 Å². The summed E-state index contributed by atoms with van der Waals surface area (Å²) in [4.78, 5) is 4.42. The molecule has 104 valence electrons. The van der Waals surface area contributed by atoms with Gasteiger partial charge in [-0.15, -0.1) is 0 Å². The van der Waals surface area contributed by atoms with Crippen LogP contribution in [0.15, 0.2) is 51.5 Å². The molecule has 0 unspecified atom stereocenters. The predicted molar refractivity (Wildman–Crippen MR) is 79.0 cm³/mol. The smallest absolute Gasteiger partial charge is 0.258 e. The van der Waals surface area contributed by atoms with Gasteiger partial charge in [0.15, 0.2) is 11.5 Å². The molecule has 0 spiro atoms. The summed E-state index contributed by atoms with van der Waals surface area (Å²) >= 11 is 3.40. The van der Waals surface area contributed by atoms with Crippen molar-refractivity contribution in [2.75, 3.05) is 6.79 Å². The Bertz CT molecular complexity index is 799. The highest BCUT2D eigenvalue weighted by molar-refractivity contribution is 9.10. The summed E-state index contributed by atoms with van der Waals surface area (Å²) in [7, 11) is 0. The van der Waals surface area contributed by atoms with Crippen LogP contribution in [0.3, 0.4) is 0 Å². The summed E-state index contributed by atoms with van der Waals surface area (Å²) < 4.78 is 17.0. The highest BCUT2D eigenvalue weighted by Gasteiger charge is 2.17. The summed E-state index contributed by atoms with van der Waals surface area (Å²) in [6, 6.07) is 13.3. The molecule has 21 heavy (non-hydrogen) atoms. The molecular weight excluding hydrogens is 336 g/mol. The van der Waals surface area contributed by atoms with E-state index in [0.29, 0.717) is 17.5 Å². The van der Waals surface area contributed by atoms with Crippen LogP contribution in [0.2, 0.25) is 0 Å². The first-order valence-corrected chi connectivity index (χ1v) is 7.08. The predicted octanol–water partition coefficient (Wildman–Crippen LogP) is 3.89. The Kier molecular flexibility index (Phi) is 2.89. The third-order valence-corrected chi connectivity index (χ3v) is 3.68. The van der Waals surface area contributed by atoms with E-state index in [-0.39, 0.29) is 6.79 Å². The second kappa shape index (κ2) is 4.89. The summed E-state index contributed by atoms with van der Waals surface area (Å²) in [5.74, 6) is 2.42. The quantitative estimate of drug-likeness (QED) is 0.705. The second-order valence-corrected chi connectivity index (χ2v) is 5.41. The summed E-state index contributed by atoms with van der Waals surface area (Å²) in [6.07, 6.45) is 0. The van der Waals surface area contributed by atoms with Gasteiger partial charge in [0.05, 0.1) is 0 Å². The second-order valence-electron chi connectivity index (χ2n) is 4.50. The zero-order valence-corrected chi connectivity index (χ0v) is 12.3. The molecule has 0 aliphatic carbocycles. The molecule has 0 fully saturated rings. The number of hydrogen-bond acceptors (Lipinski definition) is 5. The lowest BCUT2D eigenvalue weighted by Gasteiger charge is -1.97. The molecule has 2 heterocycles. The van der Waals surface area contributed by atoms with Gasteiger partial charge in [-0.1, -0.05) is 21.1 Å². The third-order valence-electron chi connectivity index (χ3n) is 3.15. The van der Waals surface area contributed by atoms with Crippen molar-refractivity contribution < 1.29 is 14.0 Å². The van der Waals surface area contributed by atoms with E-state index in [9.17, 15) is 0 Å². The minimum absolute atomic E-state index is 0.243. The van der Waals surface area contributed by atoms with Gasteiger partial charge in [0.25, 0.3) is 5.89 Å². The lowest BCUT2D eigenvalue weighted by Crippen LogP contribution is -1.92. The molecule has 2 aromatic carbocycles. The molecule has 0 radical (unpaired) electrons. The van der Waals surface area contributed by atoms with Crippen molar-refractivity contribution in [3.05, 3.63) is 46.9 Å². The number of aromatic nitrogens is 2. The van der Waals surface area contributed by atoms with Crippen LogP contribution >= 0.6 is 15.9 Å². The molecule has 3 aromatic rings. The van der Waals surface area contributed by atoms with E-state index in [4.69, 9.17) is 14.0 Å². The van der Waals surface area contributed by atoms with Gasteiger partial charge in [0.1, 0.15) is 0 Å². The van der Waals surface area contributed by atoms with Gasteiger partial charge < -0.3 is 14.0 Å². The number of rotatable bonds is 2. The molecule has 0 bridgehead atoms. The maximum Gasteiger partial charge on any atom is 0.258 e. The minimum Gasteiger partial charge on any atom is -0.454 e. The van der Waals surface area contributed by atoms with E-state index in [2.05, 4.69) is 26.1 Å². The first-order valence-electron chi connectivity index (χ1n) is 6.29. The van der Waals surface area contributed by atoms with E-state index in [0.717, 1.165) is 21.3 Å². The molecule has 1 aliphatic rings. The van der Waals surface area contributed by atoms with Crippen LogP contribution < -0.4 is 9.47 Å². The van der Waals surface area contributed by atoms with Crippen LogP contribution in [0.1, 0.15) is 0 Å². The van der Waals surface area contributed by atoms with E-state index < -0.39 is 0 Å². The third kappa shape index (κ3) is 2.27. The summed E-state index contributed by atoms with van der Waals surface area (Å²) in [6.45, 7) is 0.243. The van der Waals surface area contributed by atoms with Crippen molar-refractivity contribution in [1.82, 2.24) is 10.1 Å². The highest BCUT2D eigenvalue weighted by atomic mass is 79.9. The first-order chi connectivity index (χ1) is 10.3. The zero-order valence-electron chi connectivity index (χ0n) is 10.7. The fraction of sp³-hybridized carbons (Fsp3) is 0.0667. The van der Waals surface area contributed by atoms with Gasteiger partial charge in [-0.25, -0.2) is 0 Å². The molecular formula is C15H9BrN2O3. The molecule has 1 aromatic heterocycles. The molecule has 4 rings (SSSR count). The molecule has 0 amide bonds. The normalized spacial score (nSPS) is 12.6. The Hall–Kier alpha value is -2.34. The Morgan fingerprint density at radius 1 is 0.905 bits per heavy atom. The van der Waals surface area contributed by atoms with Crippen molar-refractivity contribution in [3.63, 3.8) is 0 Å². The SMILES string of the molecule is Brc1ccc(-c2noc(-c3ccc4c(c3)OCO4)n2)cc1. The summed E-state index contributed by atoms with van der Waals surface area (Å²) in [5, 5.41) is 4.01. The van der Waals surface area contributed by atoms with E-state index >= 15 is 0 Å². The fourth-order valence-corrected chi connectivity index (χ4v) is 2.35. The summed E-state index contributed by atoms with van der Waals surface area (Å²) in [5.41, 5.74) is 1.70. The molecule has 0 saturated carbocycles. The maximum atomic E-state index is 5.35. The van der Waals surface area contributed by atoms with Crippen molar-refractivity contribution in [2.45, 2.75) is 0 Å². The van der Waals surface area contributed by atoms with Gasteiger partial charge in [-0.05, 0) is 42.5 Å². The molecule has 0 atom stereocenters. The number of ether oxygens (including phenoxy) is 2. The number of halogens is 1. The number of fused-ring (bicyclic) bond motifs is 1. The minimum atomic E-state index is 0.243. The lowest BCUT2D eigenvalue weighted by molar-refractivity contribution is 0.174. The zero-order chi connectivity index (χ0) is 14.2.